The maximum absolute atomic E-state index is 11.6. The minimum absolute atomic E-state index is 0.155. The van der Waals surface area contributed by atoms with Crippen LogP contribution in [0.4, 0.5) is 5.13 Å². The average molecular weight is 227 g/mol. The summed E-state index contributed by atoms with van der Waals surface area (Å²) in [6, 6.07) is -0.450. The Morgan fingerprint density at radius 3 is 2.80 bits per heavy atom. The van der Waals surface area contributed by atoms with Crippen LogP contribution < -0.4 is 11.1 Å². The number of amides is 1. The summed E-state index contributed by atoms with van der Waals surface area (Å²) in [4.78, 5) is 16.7. The SMILES string of the molecule is Cc1cnc(NC(=O)[C@@H](N)CC(C)C)s1. The summed E-state index contributed by atoms with van der Waals surface area (Å²) in [5, 5.41) is 3.33. The molecule has 3 N–H and O–H groups in total. The second-order valence-electron chi connectivity index (χ2n) is 4.00. The van der Waals surface area contributed by atoms with Crippen LogP contribution in [-0.2, 0) is 4.79 Å². The first-order valence-corrected chi connectivity index (χ1v) is 5.79. The highest BCUT2D eigenvalue weighted by atomic mass is 32.1. The fourth-order valence-electron chi connectivity index (χ4n) is 1.23. The highest BCUT2D eigenvalue weighted by molar-refractivity contribution is 7.15. The largest absolute Gasteiger partial charge is 0.320 e. The van der Waals surface area contributed by atoms with Crippen molar-refractivity contribution in [3.05, 3.63) is 11.1 Å². The fraction of sp³-hybridized carbons (Fsp3) is 0.600. The third kappa shape index (κ3) is 3.97. The van der Waals surface area contributed by atoms with E-state index in [2.05, 4.69) is 10.3 Å². The molecule has 0 radical (unpaired) electrons. The van der Waals surface area contributed by atoms with E-state index >= 15 is 0 Å². The molecule has 0 aliphatic carbocycles. The Morgan fingerprint density at radius 1 is 1.67 bits per heavy atom. The van der Waals surface area contributed by atoms with Gasteiger partial charge in [0, 0.05) is 11.1 Å². The molecule has 0 spiro atoms. The zero-order valence-corrected chi connectivity index (χ0v) is 10.1. The van der Waals surface area contributed by atoms with Gasteiger partial charge < -0.3 is 11.1 Å². The van der Waals surface area contributed by atoms with Crippen LogP contribution in [0.5, 0.6) is 0 Å². The Kier molecular flexibility index (Phi) is 4.23. The molecule has 0 unspecified atom stereocenters. The molecule has 4 nitrogen and oxygen atoms in total. The van der Waals surface area contributed by atoms with Crippen molar-refractivity contribution >= 4 is 22.4 Å². The smallest absolute Gasteiger partial charge is 0.243 e. The molecule has 1 heterocycles. The Bertz CT molecular complexity index is 335. The third-order valence-corrected chi connectivity index (χ3v) is 2.74. The molecule has 1 rings (SSSR count). The van der Waals surface area contributed by atoms with E-state index < -0.39 is 6.04 Å². The molecule has 0 aliphatic rings. The van der Waals surface area contributed by atoms with Gasteiger partial charge >= 0.3 is 0 Å². The molecule has 0 aromatic carbocycles. The van der Waals surface area contributed by atoms with Crippen molar-refractivity contribution in [3.63, 3.8) is 0 Å². The van der Waals surface area contributed by atoms with Gasteiger partial charge in [-0.3, -0.25) is 4.79 Å². The van der Waals surface area contributed by atoms with Crippen LogP contribution in [0.2, 0.25) is 0 Å². The summed E-state index contributed by atoms with van der Waals surface area (Å²) >= 11 is 1.45. The number of nitrogens with two attached hydrogens (primary N) is 1. The van der Waals surface area contributed by atoms with E-state index in [0.717, 1.165) is 4.88 Å². The Labute approximate surface area is 93.9 Å². The molecule has 84 valence electrons. The molecule has 1 aromatic heterocycles. The van der Waals surface area contributed by atoms with E-state index in [-0.39, 0.29) is 5.91 Å². The number of anilines is 1. The number of nitrogens with zero attached hydrogens (tertiary/aromatic N) is 1. The lowest BCUT2D eigenvalue weighted by Crippen LogP contribution is -2.36. The van der Waals surface area contributed by atoms with Crippen LogP contribution >= 0.6 is 11.3 Å². The van der Waals surface area contributed by atoms with Gasteiger partial charge in [-0.05, 0) is 19.3 Å². The molecule has 1 aromatic rings. The average Bonchev–Trinajstić information content (AvgIpc) is 2.50. The maximum atomic E-state index is 11.6. The topological polar surface area (TPSA) is 68.0 Å². The highest BCUT2D eigenvalue weighted by Crippen LogP contribution is 2.16. The van der Waals surface area contributed by atoms with E-state index in [1.807, 2.05) is 20.8 Å². The van der Waals surface area contributed by atoms with Gasteiger partial charge in [-0.15, -0.1) is 11.3 Å². The number of rotatable bonds is 4. The molecule has 15 heavy (non-hydrogen) atoms. The zero-order chi connectivity index (χ0) is 11.4. The maximum Gasteiger partial charge on any atom is 0.243 e. The summed E-state index contributed by atoms with van der Waals surface area (Å²) in [6.07, 6.45) is 2.42. The van der Waals surface area contributed by atoms with Crippen molar-refractivity contribution in [1.29, 1.82) is 0 Å². The first-order valence-electron chi connectivity index (χ1n) is 4.98. The summed E-state index contributed by atoms with van der Waals surface area (Å²) in [5.74, 6) is 0.266. The third-order valence-electron chi connectivity index (χ3n) is 1.91. The van der Waals surface area contributed by atoms with Gasteiger partial charge in [0.05, 0.1) is 6.04 Å². The molecule has 0 aliphatic heterocycles. The number of hydrogen-bond donors (Lipinski definition) is 2. The van der Waals surface area contributed by atoms with Crippen LogP contribution in [0, 0.1) is 12.8 Å². The first-order chi connectivity index (χ1) is 6.99. The van der Waals surface area contributed by atoms with Gasteiger partial charge in [-0.25, -0.2) is 4.98 Å². The van der Waals surface area contributed by atoms with Crippen LogP contribution in [0.3, 0.4) is 0 Å². The van der Waals surface area contributed by atoms with Crippen molar-refractivity contribution in [1.82, 2.24) is 4.98 Å². The number of carbonyl (C=O) groups excluding carboxylic acids is 1. The Morgan fingerprint density at radius 2 is 2.33 bits per heavy atom. The van der Waals surface area contributed by atoms with Gasteiger partial charge in [0.25, 0.3) is 0 Å². The van der Waals surface area contributed by atoms with Crippen molar-refractivity contribution in [3.8, 4) is 0 Å². The fourth-order valence-corrected chi connectivity index (χ4v) is 1.89. The second-order valence-corrected chi connectivity index (χ2v) is 5.24. The van der Waals surface area contributed by atoms with E-state index in [0.29, 0.717) is 17.5 Å². The Hall–Kier alpha value is -0.940. The molecule has 1 atom stereocenters. The number of carbonyl (C=O) groups is 1. The molecule has 0 bridgehead atoms. The van der Waals surface area contributed by atoms with E-state index in [1.54, 1.807) is 6.20 Å². The summed E-state index contributed by atoms with van der Waals surface area (Å²) in [7, 11) is 0. The quantitative estimate of drug-likeness (QED) is 0.823. The van der Waals surface area contributed by atoms with E-state index in [1.165, 1.54) is 11.3 Å². The van der Waals surface area contributed by atoms with Crippen LogP contribution in [0.1, 0.15) is 25.1 Å². The van der Waals surface area contributed by atoms with Gasteiger partial charge in [0.15, 0.2) is 5.13 Å². The zero-order valence-electron chi connectivity index (χ0n) is 9.28. The minimum Gasteiger partial charge on any atom is -0.320 e. The van der Waals surface area contributed by atoms with Crippen molar-refractivity contribution in [2.45, 2.75) is 33.2 Å². The second kappa shape index (κ2) is 5.23. The van der Waals surface area contributed by atoms with Gasteiger partial charge in [-0.2, -0.15) is 0 Å². The minimum atomic E-state index is -0.450. The van der Waals surface area contributed by atoms with Crippen LogP contribution in [0.15, 0.2) is 6.20 Å². The van der Waals surface area contributed by atoms with Gasteiger partial charge in [0.1, 0.15) is 0 Å². The molecule has 1 amide bonds. The number of hydrogen-bond acceptors (Lipinski definition) is 4. The summed E-state index contributed by atoms with van der Waals surface area (Å²) in [6.45, 7) is 6.03. The molecule has 0 saturated carbocycles. The monoisotopic (exact) mass is 227 g/mol. The van der Waals surface area contributed by atoms with Crippen LogP contribution in [0.25, 0.3) is 0 Å². The predicted octanol–water partition coefficient (Wildman–Crippen LogP) is 1.76. The van der Waals surface area contributed by atoms with Crippen molar-refractivity contribution < 1.29 is 4.79 Å². The molecule has 5 heteroatoms. The lowest BCUT2D eigenvalue weighted by Gasteiger charge is -2.12. The molecular formula is C10H17N3OS. The van der Waals surface area contributed by atoms with Crippen molar-refractivity contribution in [2.75, 3.05) is 5.32 Å². The molecular weight excluding hydrogens is 210 g/mol. The number of aryl methyl sites for hydroxylation is 1. The van der Waals surface area contributed by atoms with Crippen molar-refractivity contribution in [2.24, 2.45) is 11.7 Å². The van der Waals surface area contributed by atoms with Gasteiger partial charge in [0.2, 0.25) is 5.91 Å². The number of nitrogens with one attached hydrogen (secondary N) is 1. The lowest BCUT2D eigenvalue weighted by molar-refractivity contribution is -0.117. The Balaban J connectivity index is 2.48. The normalized spacial score (nSPS) is 12.9. The number of thiazole rings is 1. The summed E-state index contributed by atoms with van der Waals surface area (Å²) in [5.41, 5.74) is 5.74. The van der Waals surface area contributed by atoms with Crippen LogP contribution in [-0.4, -0.2) is 16.9 Å². The first kappa shape index (κ1) is 12.1. The highest BCUT2D eigenvalue weighted by Gasteiger charge is 2.15. The molecule has 0 saturated heterocycles. The van der Waals surface area contributed by atoms with E-state index in [9.17, 15) is 4.79 Å². The van der Waals surface area contributed by atoms with Gasteiger partial charge in [-0.1, -0.05) is 13.8 Å². The number of aromatic nitrogens is 1. The predicted molar refractivity (Wildman–Crippen MR) is 62.9 cm³/mol. The summed E-state index contributed by atoms with van der Waals surface area (Å²) < 4.78 is 0. The molecule has 0 fully saturated rings. The van der Waals surface area contributed by atoms with E-state index in [4.69, 9.17) is 5.73 Å². The lowest BCUT2D eigenvalue weighted by atomic mass is 10.0. The standard InChI is InChI=1S/C10H17N3OS/c1-6(2)4-8(11)9(14)13-10-12-5-7(3)15-10/h5-6,8H,4,11H2,1-3H3,(H,12,13,14)/t8-/m0/s1.